The van der Waals surface area contributed by atoms with E-state index in [1.165, 1.54) is 18.2 Å². The van der Waals surface area contributed by atoms with Crippen LogP contribution in [0.25, 0.3) is 23.0 Å². The van der Waals surface area contributed by atoms with E-state index in [4.69, 9.17) is 4.42 Å². The first-order valence-electron chi connectivity index (χ1n) is 11.2. The molecule has 0 saturated heterocycles. The molecule has 0 fully saturated rings. The van der Waals surface area contributed by atoms with Crippen molar-refractivity contribution >= 4 is 54.7 Å². The summed E-state index contributed by atoms with van der Waals surface area (Å²) in [7, 11) is -4.21. The third kappa shape index (κ3) is 4.59. The molecule has 0 radical (unpaired) electrons. The summed E-state index contributed by atoms with van der Waals surface area (Å²) in [6, 6.07) is 18.8. The van der Waals surface area contributed by atoms with Crippen molar-refractivity contribution in [3.05, 3.63) is 114 Å². The number of nitro benzene ring substituents is 2. The second-order valence-electron chi connectivity index (χ2n) is 8.58. The standard InChI is InChI=1S/C26H18BrN3O7S/c1-16-2-9-22(10-3-16)38(35,36)28-15-18(26-23(28)13-20(29(31)32)14-24(26)30(33)34)12-21-8-11-25(37-21)17-4-6-19(27)7-5-17/h2-14H,15H2,1H3. The number of sulfonamides is 1. The third-order valence-electron chi connectivity index (χ3n) is 6.07. The number of fused-ring (bicyclic) bond motifs is 1. The lowest BCUT2D eigenvalue weighted by atomic mass is 10.0. The number of aryl methyl sites for hydroxylation is 1. The molecule has 0 amide bonds. The number of halogens is 1. The zero-order chi connectivity index (χ0) is 27.2. The summed E-state index contributed by atoms with van der Waals surface area (Å²) in [4.78, 5) is 21.9. The Morgan fingerprint density at radius 2 is 1.63 bits per heavy atom. The van der Waals surface area contributed by atoms with Gasteiger partial charge in [-0.2, -0.15) is 0 Å². The van der Waals surface area contributed by atoms with Crippen molar-refractivity contribution in [3.63, 3.8) is 0 Å². The maximum Gasteiger partial charge on any atom is 0.285 e. The van der Waals surface area contributed by atoms with Crippen LogP contribution in [0, 0.1) is 27.2 Å². The number of rotatable bonds is 6. The summed E-state index contributed by atoms with van der Waals surface area (Å²) in [6.07, 6.45) is 1.52. The predicted octanol–water partition coefficient (Wildman–Crippen LogP) is 6.58. The minimum Gasteiger partial charge on any atom is -0.457 e. The lowest BCUT2D eigenvalue weighted by Gasteiger charge is -2.19. The van der Waals surface area contributed by atoms with Gasteiger partial charge >= 0.3 is 0 Å². The van der Waals surface area contributed by atoms with E-state index >= 15 is 0 Å². The molecule has 10 nitrogen and oxygen atoms in total. The highest BCUT2D eigenvalue weighted by Crippen LogP contribution is 2.47. The van der Waals surface area contributed by atoms with Crippen LogP contribution >= 0.6 is 15.9 Å². The van der Waals surface area contributed by atoms with Crippen LogP contribution in [-0.4, -0.2) is 24.8 Å². The van der Waals surface area contributed by atoms with E-state index in [9.17, 15) is 28.6 Å². The fourth-order valence-corrected chi connectivity index (χ4v) is 5.94. The molecule has 2 heterocycles. The fourth-order valence-electron chi connectivity index (χ4n) is 4.23. The Morgan fingerprint density at radius 3 is 2.26 bits per heavy atom. The van der Waals surface area contributed by atoms with Gasteiger partial charge in [-0.25, -0.2) is 8.42 Å². The van der Waals surface area contributed by atoms with E-state index in [-0.39, 0.29) is 28.3 Å². The molecule has 0 spiro atoms. The number of nitro groups is 2. The number of nitrogens with zero attached hydrogens (tertiary/aromatic N) is 3. The van der Waals surface area contributed by atoms with Crippen molar-refractivity contribution in [1.82, 2.24) is 0 Å². The van der Waals surface area contributed by atoms with E-state index in [0.29, 0.717) is 11.5 Å². The Morgan fingerprint density at radius 1 is 0.947 bits per heavy atom. The molecule has 12 heteroatoms. The van der Waals surface area contributed by atoms with E-state index in [2.05, 4.69) is 15.9 Å². The minimum absolute atomic E-state index is 0.0159. The average molecular weight is 596 g/mol. The Hall–Kier alpha value is -4.29. The normalized spacial score (nSPS) is 14.1. The van der Waals surface area contributed by atoms with Crippen molar-refractivity contribution in [3.8, 4) is 11.3 Å². The second-order valence-corrected chi connectivity index (χ2v) is 11.4. The van der Waals surface area contributed by atoms with E-state index in [1.54, 1.807) is 31.2 Å². The highest BCUT2D eigenvalue weighted by Gasteiger charge is 2.40. The van der Waals surface area contributed by atoms with Crippen molar-refractivity contribution < 1.29 is 22.7 Å². The van der Waals surface area contributed by atoms with Crippen molar-refractivity contribution in [2.45, 2.75) is 11.8 Å². The molecule has 192 valence electrons. The molecule has 0 saturated carbocycles. The summed E-state index contributed by atoms with van der Waals surface area (Å²) in [5.74, 6) is 0.885. The topological polar surface area (TPSA) is 137 Å². The molecule has 1 aliphatic heterocycles. The highest BCUT2D eigenvalue weighted by atomic mass is 79.9. The van der Waals surface area contributed by atoms with Crippen molar-refractivity contribution in [1.29, 1.82) is 0 Å². The van der Waals surface area contributed by atoms with E-state index < -0.39 is 31.2 Å². The quantitative estimate of drug-likeness (QED) is 0.181. The van der Waals surface area contributed by atoms with Gasteiger partial charge in [-0.15, -0.1) is 0 Å². The second kappa shape index (κ2) is 9.54. The van der Waals surface area contributed by atoms with Gasteiger partial charge < -0.3 is 4.42 Å². The van der Waals surface area contributed by atoms with E-state index in [1.807, 2.05) is 24.3 Å². The van der Waals surface area contributed by atoms with Crippen molar-refractivity contribution in [2.75, 3.05) is 10.8 Å². The maximum absolute atomic E-state index is 13.6. The molecule has 3 aromatic carbocycles. The SMILES string of the molecule is Cc1ccc(S(=O)(=O)N2CC(=Cc3ccc(-c4ccc(Br)cc4)o3)c3c2cc([N+](=O)[O-])cc3[N+](=O)[O-])cc1. The van der Waals surface area contributed by atoms with Crippen LogP contribution < -0.4 is 4.31 Å². The molecule has 1 aliphatic rings. The third-order valence-corrected chi connectivity index (χ3v) is 8.38. The zero-order valence-corrected chi connectivity index (χ0v) is 22.1. The molecule has 5 rings (SSSR count). The predicted molar refractivity (Wildman–Crippen MR) is 145 cm³/mol. The number of hydrogen-bond donors (Lipinski definition) is 0. The fraction of sp³-hybridized carbons (Fsp3) is 0.0769. The van der Waals surface area contributed by atoms with Crippen LogP contribution in [0.2, 0.25) is 0 Å². The molecule has 0 N–H and O–H groups in total. The Labute approximate surface area is 225 Å². The largest absolute Gasteiger partial charge is 0.457 e. The molecular weight excluding hydrogens is 578 g/mol. The van der Waals surface area contributed by atoms with Gasteiger partial charge in [0.2, 0.25) is 0 Å². The molecular formula is C26H18BrN3O7S. The van der Waals surface area contributed by atoms with Gasteiger partial charge in [0.1, 0.15) is 11.5 Å². The Balaban J connectivity index is 1.66. The number of anilines is 1. The van der Waals surface area contributed by atoms with Gasteiger partial charge in [0, 0.05) is 16.1 Å². The van der Waals surface area contributed by atoms with Crippen LogP contribution in [0.3, 0.4) is 0 Å². The number of hydrogen-bond acceptors (Lipinski definition) is 7. The monoisotopic (exact) mass is 595 g/mol. The van der Waals surface area contributed by atoms with Crippen LogP contribution in [0.15, 0.2) is 86.6 Å². The molecule has 4 aromatic rings. The van der Waals surface area contributed by atoms with Crippen molar-refractivity contribution in [2.24, 2.45) is 0 Å². The first kappa shape index (κ1) is 25.4. The first-order chi connectivity index (χ1) is 18.0. The molecule has 0 aliphatic carbocycles. The maximum atomic E-state index is 13.6. The van der Waals surface area contributed by atoms with Gasteiger partial charge in [-0.1, -0.05) is 45.8 Å². The molecule has 0 bridgehead atoms. The smallest absolute Gasteiger partial charge is 0.285 e. The number of furan rings is 1. The molecule has 0 unspecified atom stereocenters. The van der Waals surface area contributed by atoms with Crippen LogP contribution in [0.4, 0.5) is 17.1 Å². The number of benzene rings is 3. The summed E-state index contributed by atoms with van der Waals surface area (Å²) >= 11 is 3.38. The Bertz CT molecular complexity index is 1730. The average Bonchev–Trinajstić information content (AvgIpc) is 3.49. The number of non-ortho nitro benzene ring substituents is 1. The summed E-state index contributed by atoms with van der Waals surface area (Å²) in [6.45, 7) is 1.53. The van der Waals surface area contributed by atoms with Gasteiger partial charge in [0.15, 0.2) is 0 Å². The van der Waals surface area contributed by atoms with Gasteiger partial charge in [0.25, 0.3) is 21.4 Å². The van der Waals surface area contributed by atoms with Crippen LogP contribution in [0.5, 0.6) is 0 Å². The van der Waals surface area contributed by atoms with Gasteiger partial charge in [-0.05, 0) is 55.0 Å². The van der Waals surface area contributed by atoms with Gasteiger partial charge in [-0.3, -0.25) is 24.5 Å². The molecule has 38 heavy (non-hydrogen) atoms. The van der Waals surface area contributed by atoms with Crippen LogP contribution in [-0.2, 0) is 10.0 Å². The lowest BCUT2D eigenvalue weighted by Crippen LogP contribution is -2.29. The highest BCUT2D eigenvalue weighted by molar-refractivity contribution is 9.10. The van der Waals surface area contributed by atoms with Gasteiger partial charge in [0.05, 0.1) is 38.6 Å². The summed E-state index contributed by atoms with van der Waals surface area (Å²) < 4.78 is 35.0. The minimum atomic E-state index is -4.21. The first-order valence-corrected chi connectivity index (χ1v) is 13.4. The summed E-state index contributed by atoms with van der Waals surface area (Å²) in [5.41, 5.74) is 0.606. The van der Waals surface area contributed by atoms with Crippen LogP contribution in [0.1, 0.15) is 16.9 Å². The zero-order valence-electron chi connectivity index (χ0n) is 19.7. The molecule has 1 aromatic heterocycles. The summed E-state index contributed by atoms with van der Waals surface area (Å²) in [5, 5.41) is 23.5. The van der Waals surface area contributed by atoms with E-state index in [0.717, 1.165) is 32.0 Å². The lowest BCUT2D eigenvalue weighted by molar-refractivity contribution is -0.394. The molecule has 0 atom stereocenters. The Kier molecular flexibility index (Phi) is 6.37.